The maximum absolute atomic E-state index is 5.97. The molecule has 1 rings (SSSR count). The number of aryl methyl sites for hydroxylation is 1. The Morgan fingerprint density at radius 2 is 2.12 bits per heavy atom. The Bertz CT molecular complexity index is 382. The highest BCUT2D eigenvalue weighted by Gasteiger charge is 2.06. The minimum absolute atomic E-state index is 0.493. The average molecular weight is 256 g/mol. The summed E-state index contributed by atoms with van der Waals surface area (Å²) in [5.41, 5.74) is 0.864. The van der Waals surface area contributed by atoms with Gasteiger partial charge in [0.1, 0.15) is 16.8 Å². The molecule has 0 amide bonds. The fourth-order valence-electron chi connectivity index (χ4n) is 1.28. The van der Waals surface area contributed by atoms with Gasteiger partial charge in [0.15, 0.2) is 0 Å². The molecule has 1 aromatic heterocycles. The van der Waals surface area contributed by atoms with Gasteiger partial charge in [0.25, 0.3) is 0 Å². The molecule has 0 fully saturated rings. The van der Waals surface area contributed by atoms with Gasteiger partial charge in [-0.15, -0.1) is 6.58 Å². The Kier molecular flexibility index (Phi) is 5.94. The van der Waals surface area contributed by atoms with Gasteiger partial charge in [0, 0.05) is 12.1 Å². The zero-order chi connectivity index (χ0) is 12.7. The molecule has 1 N–H and O–H groups in total. The van der Waals surface area contributed by atoms with E-state index >= 15 is 0 Å². The molecule has 0 saturated heterocycles. The van der Waals surface area contributed by atoms with E-state index in [9.17, 15) is 0 Å². The quantitative estimate of drug-likeness (QED) is 0.462. The monoisotopic (exact) mass is 255 g/mol. The van der Waals surface area contributed by atoms with Crippen LogP contribution in [0.5, 0.6) is 0 Å². The van der Waals surface area contributed by atoms with E-state index in [1.54, 1.807) is 0 Å². The molecule has 1 aromatic rings. The zero-order valence-electron chi connectivity index (χ0n) is 10.3. The summed E-state index contributed by atoms with van der Waals surface area (Å²) in [6.45, 7) is 9.37. The summed E-state index contributed by atoms with van der Waals surface area (Å²) in [6, 6.07) is 0. The molecule has 0 radical (unpaired) electrons. The number of aromatic nitrogens is 2. The number of anilines is 1. The molecule has 0 aliphatic carbocycles. The van der Waals surface area contributed by atoms with Crippen LogP contribution in [-0.2, 0) is 4.74 Å². The molecule has 5 heteroatoms. The van der Waals surface area contributed by atoms with Crippen molar-refractivity contribution < 1.29 is 4.74 Å². The van der Waals surface area contributed by atoms with Crippen LogP contribution >= 0.6 is 11.6 Å². The Morgan fingerprint density at radius 1 is 1.35 bits per heavy atom. The molecule has 0 saturated carbocycles. The second-order valence-corrected chi connectivity index (χ2v) is 4.01. The molecular formula is C12H18ClN3O. The summed E-state index contributed by atoms with van der Waals surface area (Å²) < 4.78 is 5.39. The summed E-state index contributed by atoms with van der Waals surface area (Å²) in [4.78, 5) is 8.36. The molecule has 4 nitrogen and oxygen atoms in total. The molecule has 0 aliphatic rings. The highest BCUT2D eigenvalue weighted by Crippen LogP contribution is 2.19. The molecule has 0 spiro atoms. The predicted molar refractivity (Wildman–Crippen MR) is 70.6 cm³/mol. The van der Waals surface area contributed by atoms with Crippen LogP contribution in [0.25, 0.3) is 0 Å². The van der Waals surface area contributed by atoms with Crippen molar-refractivity contribution in [3.63, 3.8) is 0 Å². The number of hydrogen-bond acceptors (Lipinski definition) is 4. The third kappa shape index (κ3) is 4.71. The van der Waals surface area contributed by atoms with E-state index in [0.717, 1.165) is 17.8 Å². The number of rotatable bonds is 7. The van der Waals surface area contributed by atoms with Crippen LogP contribution in [0, 0.1) is 13.8 Å². The van der Waals surface area contributed by atoms with Gasteiger partial charge in [-0.25, -0.2) is 9.97 Å². The molecule has 1 heterocycles. The number of hydrogen-bond donors (Lipinski definition) is 1. The van der Waals surface area contributed by atoms with Crippen LogP contribution in [0.4, 0.5) is 5.82 Å². The van der Waals surface area contributed by atoms with Gasteiger partial charge in [-0.05, 0) is 20.3 Å². The average Bonchev–Trinajstić information content (AvgIpc) is 2.29. The van der Waals surface area contributed by atoms with Crippen LogP contribution in [0.15, 0.2) is 12.7 Å². The van der Waals surface area contributed by atoms with Gasteiger partial charge in [0.05, 0.1) is 13.2 Å². The van der Waals surface area contributed by atoms with E-state index in [1.165, 1.54) is 0 Å². The van der Waals surface area contributed by atoms with Crippen molar-refractivity contribution in [2.24, 2.45) is 0 Å². The zero-order valence-corrected chi connectivity index (χ0v) is 11.0. The lowest BCUT2D eigenvalue weighted by molar-refractivity contribution is 0.149. The SMILES string of the molecule is C=CCCOCCNc1nc(C)nc(Cl)c1C. The second-order valence-electron chi connectivity index (χ2n) is 3.65. The van der Waals surface area contributed by atoms with Crippen LogP contribution in [-0.4, -0.2) is 29.7 Å². The molecule has 0 bridgehead atoms. The maximum atomic E-state index is 5.97. The van der Waals surface area contributed by atoms with Crippen molar-refractivity contribution in [3.8, 4) is 0 Å². The fraction of sp³-hybridized carbons (Fsp3) is 0.500. The Balaban J connectivity index is 2.38. The summed E-state index contributed by atoms with van der Waals surface area (Å²) in [7, 11) is 0. The summed E-state index contributed by atoms with van der Waals surface area (Å²) in [5.74, 6) is 1.44. The third-order valence-electron chi connectivity index (χ3n) is 2.20. The van der Waals surface area contributed by atoms with Crippen molar-refractivity contribution in [1.82, 2.24) is 9.97 Å². The lowest BCUT2D eigenvalue weighted by Gasteiger charge is -2.10. The molecule has 94 valence electrons. The van der Waals surface area contributed by atoms with Crippen LogP contribution in [0.2, 0.25) is 5.15 Å². The highest BCUT2D eigenvalue weighted by molar-refractivity contribution is 6.30. The minimum atomic E-state index is 0.493. The van der Waals surface area contributed by atoms with Gasteiger partial charge in [-0.1, -0.05) is 17.7 Å². The Hall–Kier alpha value is -1.13. The van der Waals surface area contributed by atoms with E-state index in [2.05, 4.69) is 21.9 Å². The number of halogens is 1. The summed E-state index contributed by atoms with van der Waals surface area (Å²) >= 11 is 5.97. The number of ether oxygens (including phenoxy) is 1. The second kappa shape index (κ2) is 7.25. The largest absolute Gasteiger partial charge is 0.379 e. The van der Waals surface area contributed by atoms with Gasteiger partial charge in [0.2, 0.25) is 0 Å². The third-order valence-corrected chi connectivity index (χ3v) is 2.57. The van der Waals surface area contributed by atoms with Crippen LogP contribution in [0.1, 0.15) is 17.8 Å². The minimum Gasteiger partial charge on any atom is -0.379 e. The fourth-order valence-corrected chi connectivity index (χ4v) is 1.49. The first-order chi connectivity index (χ1) is 8.15. The van der Waals surface area contributed by atoms with Gasteiger partial charge < -0.3 is 10.1 Å². The topological polar surface area (TPSA) is 47.0 Å². The Labute approximate surface area is 107 Å². The van der Waals surface area contributed by atoms with Crippen molar-refractivity contribution in [1.29, 1.82) is 0 Å². The van der Waals surface area contributed by atoms with E-state index in [-0.39, 0.29) is 0 Å². The highest BCUT2D eigenvalue weighted by atomic mass is 35.5. The molecular weight excluding hydrogens is 238 g/mol. The van der Waals surface area contributed by atoms with Crippen molar-refractivity contribution >= 4 is 17.4 Å². The lowest BCUT2D eigenvalue weighted by Crippen LogP contribution is -2.12. The van der Waals surface area contributed by atoms with Crippen molar-refractivity contribution in [2.75, 3.05) is 25.1 Å². The number of nitrogens with one attached hydrogen (secondary N) is 1. The van der Waals surface area contributed by atoms with E-state index in [0.29, 0.717) is 30.7 Å². The van der Waals surface area contributed by atoms with Crippen molar-refractivity contribution in [3.05, 3.63) is 29.2 Å². The van der Waals surface area contributed by atoms with Crippen LogP contribution < -0.4 is 5.32 Å². The smallest absolute Gasteiger partial charge is 0.137 e. The molecule has 0 unspecified atom stereocenters. The molecule has 0 aromatic carbocycles. The molecule has 0 atom stereocenters. The van der Waals surface area contributed by atoms with E-state index < -0.39 is 0 Å². The Morgan fingerprint density at radius 3 is 2.82 bits per heavy atom. The van der Waals surface area contributed by atoms with E-state index in [1.807, 2.05) is 19.9 Å². The van der Waals surface area contributed by atoms with Crippen molar-refractivity contribution in [2.45, 2.75) is 20.3 Å². The summed E-state index contributed by atoms with van der Waals surface area (Å²) in [6.07, 6.45) is 2.71. The maximum Gasteiger partial charge on any atom is 0.137 e. The standard InChI is InChI=1S/C12H18ClN3O/c1-4-5-7-17-8-6-14-12-9(2)11(13)15-10(3)16-12/h4H,1,5-8H2,2-3H3,(H,14,15,16). The lowest BCUT2D eigenvalue weighted by atomic mass is 10.3. The molecule has 17 heavy (non-hydrogen) atoms. The number of nitrogens with zero attached hydrogens (tertiary/aromatic N) is 2. The first kappa shape index (κ1) is 13.9. The molecule has 0 aliphatic heterocycles. The first-order valence-electron chi connectivity index (χ1n) is 5.58. The predicted octanol–water partition coefficient (Wildman–Crippen LogP) is 2.75. The summed E-state index contributed by atoms with van der Waals surface area (Å²) in [5, 5.41) is 3.68. The van der Waals surface area contributed by atoms with Gasteiger partial charge >= 0.3 is 0 Å². The van der Waals surface area contributed by atoms with Gasteiger partial charge in [-0.3, -0.25) is 0 Å². The normalized spacial score (nSPS) is 10.3. The van der Waals surface area contributed by atoms with Crippen LogP contribution in [0.3, 0.4) is 0 Å². The van der Waals surface area contributed by atoms with E-state index in [4.69, 9.17) is 16.3 Å². The van der Waals surface area contributed by atoms with Gasteiger partial charge in [-0.2, -0.15) is 0 Å². The first-order valence-corrected chi connectivity index (χ1v) is 5.96.